The summed E-state index contributed by atoms with van der Waals surface area (Å²) in [6, 6.07) is 7.49. The van der Waals surface area contributed by atoms with Crippen molar-refractivity contribution >= 4 is 34.4 Å². The van der Waals surface area contributed by atoms with Crippen LogP contribution in [0, 0.1) is 6.92 Å². The van der Waals surface area contributed by atoms with Gasteiger partial charge in [-0.05, 0) is 32.0 Å². The molecule has 0 fully saturated rings. The van der Waals surface area contributed by atoms with Crippen LogP contribution in [0.3, 0.4) is 0 Å². The van der Waals surface area contributed by atoms with Gasteiger partial charge < -0.3 is 10.5 Å². The standard InChI is InChI=1S/C19H16F3N5O3/c1-9-7-11(19(20,21)22)15-16(23)25-27(17(15)24-9)14(28)8-26-12-5-3-4-6-13(12)30-10(2)18(26)29/h3-7,10H,8H2,1-2H3,(H2,23,25)/t10-/m0/s1. The fourth-order valence-electron chi connectivity index (χ4n) is 3.39. The van der Waals surface area contributed by atoms with Gasteiger partial charge in [-0.2, -0.15) is 17.9 Å². The van der Waals surface area contributed by atoms with Crippen molar-refractivity contribution in [1.82, 2.24) is 14.8 Å². The first kappa shape index (κ1) is 19.7. The molecule has 0 radical (unpaired) electrons. The average molecular weight is 419 g/mol. The van der Waals surface area contributed by atoms with Crippen molar-refractivity contribution in [3.8, 4) is 5.75 Å². The maximum Gasteiger partial charge on any atom is 0.417 e. The van der Waals surface area contributed by atoms with E-state index in [1.165, 1.54) is 18.7 Å². The van der Waals surface area contributed by atoms with E-state index in [1.54, 1.807) is 24.3 Å². The Balaban J connectivity index is 1.78. The fourth-order valence-corrected chi connectivity index (χ4v) is 3.39. The first-order chi connectivity index (χ1) is 14.1. The summed E-state index contributed by atoms with van der Waals surface area (Å²) in [7, 11) is 0. The Morgan fingerprint density at radius 1 is 1.30 bits per heavy atom. The summed E-state index contributed by atoms with van der Waals surface area (Å²) in [5, 5.41) is 3.33. The van der Waals surface area contributed by atoms with E-state index < -0.39 is 47.4 Å². The van der Waals surface area contributed by atoms with E-state index in [0.29, 0.717) is 16.1 Å². The van der Waals surface area contributed by atoms with E-state index in [2.05, 4.69) is 10.1 Å². The minimum atomic E-state index is -4.70. The van der Waals surface area contributed by atoms with Crippen LogP contribution in [0.15, 0.2) is 30.3 Å². The first-order valence-electron chi connectivity index (χ1n) is 8.91. The molecule has 11 heteroatoms. The topological polar surface area (TPSA) is 103 Å². The summed E-state index contributed by atoms with van der Waals surface area (Å²) in [6.45, 7) is 2.43. The number of aryl methyl sites for hydroxylation is 1. The Bertz CT molecular complexity index is 1190. The van der Waals surface area contributed by atoms with E-state index in [4.69, 9.17) is 10.5 Å². The summed E-state index contributed by atoms with van der Waals surface area (Å²) in [6.07, 6.45) is -5.53. The van der Waals surface area contributed by atoms with Gasteiger partial charge in [0.05, 0.1) is 16.6 Å². The molecule has 2 aromatic heterocycles. The minimum absolute atomic E-state index is 0.0465. The second-order valence-electron chi connectivity index (χ2n) is 6.85. The third-order valence-electron chi connectivity index (χ3n) is 4.70. The minimum Gasteiger partial charge on any atom is -0.479 e. The van der Waals surface area contributed by atoms with Crippen LogP contribution in [-0.2, 0) is 11.0 Å². The Morgan fingerprint density at radius 2 is 2.00 bits per heavy atom. The van der Waals surface area contributed by atoms with Crippen LogP contribution in [0.2, 0.25) is 0 Å². The van der Waals surface area contributed by atoms with Gasteiger partial charge in [-0.3, -0.25) is 14.5 Å². The summed E-state index contributed by atoms with van der Waals surface area (Å²) in [4.78, 5) is 30.8. The van der Waals surface area contributed by atoms with Crippen molar-refractivity contribution < 1.29 is 27.5 Å². The highest BCUT2D eigenvalue weighted by atomic mass is 19.4. The molecule has 0 unspecified atom stereocenters. The van der Waals surface area contributed by atoms with Gasteiger partial charge in [-0.15, -0.1) is 5.10 Å². The molecular weight excluding hydrogens is 403 g/mol. The molecule has 0 bridgehead atoms. The number of halogens is 3. The molecule has 0 aliphatic carbocycles. The lowest BCUT2D eigenvalue weighted by Gasteiger charge is -2.32. The zero-order chi connectivity index (χ0) is 21.8. The van der Waals surface area contributed by atoms with Crippen molar-refractivity contribution in [3.05, 3.63) is 41.6 Å². The Morgan fingerprint density at radius 3 is 2.70 bits per heavy atom. The highest BCUT2D eigenvalue weighted by molar-refractivity contribution is 6.05. The molecule has 1 aliphatic rings. The zero-order valence-electron chi connectivity index (χ0n) is 15.9. The van der Waals surface area contributed by atoms with E-state index in [1.807, 2.05) is 0 Å². The number of alkyl halides is 3. The number of anilines is 2. The second-order valence-corrected chi connectivity index (χ2v) is 6.85. The molecule has 4 rings (SSSR count). The smallest absolute Gasteiger partial charge is 0.417 e. The molecule has 2 N–H and O–H groups in total. The van der Waals surface area contributed by atoms with Gasteiger partial charge in [-0.1, -0.05) is 12.1 Å². The SMILES string of the molecule is Cc1cc(C(F)(F)F)c2c(N)nn(C(=O)CN3C(=O)[C@H](C)Oc4ccccc43)c2n1. The lowest BCUT2D eigenvalue weighted by molar-refractivity contribution is -0.136. The zero-order valence-corrected chi connectivity index (χ0v) is 15.9. The number of hydrogen-bond acceptors (Lipinski definition) is 6. The van der Waals surface area contributed by atoms with Crippen molar-refractivity contribution in [2.24, 2.45) is 0 Å². The molecular formula is C19H16F3N5O3. The fraction of sp³-hybridized carbons (Fsp3) is 0.263. The van der Waals surface area contributed by atoms with Gasteiger partial charge in [0, 0.05) is 5.69 Å². The Labute approximate surface area is 168 Å². The van der Waals surface area contributed by atoms with Crippen molar-refractivity contribution in [2.45, 2.75) is 26.1 Å². The van der Waals surface area contributed by atoms with Crippen LogP contribution in [0.1, 0.15) is 23.0 Å². The first-order valence-corrected chi connectivity index (χ1v) is 8.91. The van der Waals surface area contributed by atoms with Crippen LogP contribution in [-0.4, -0.2) is 39.2 Å². The number of carbonyl (C=O) groups excluding carboxylic acids is 2. The molecule has 156 valence electrons. The van der Waals surface area contributed by atoms with Gasteiger partial charge in [0.25, 0.3) is 11.8 Å². The molecule has 8 nitrogen and oxygen atoms in total. The number of benzene rings is 1. The summed E-state index contributed by atoms with van der Waals surface area (Å²) >= 11 is 0. The summed E-state index contributed by atoms with van der Waals surface area (Å²) in [5.41, 5.74) is 4.78. The maximum absolute atomic E-state index is 13.4. The van der Waals surface area contributed by atoms with Crippen molar-refractivity contribution in [2.75, 3.05) is 17.2 Å². The average Bonchev–Trinajstić information content (AvgIpc) is 3.00. The molecule has 0 saturated carbocycles. The monoisotopic (exact) mass is 419 g/mol. The Hall–Kier alpha value is -3.63. The number of pyridine rings is 1. The second kappa shape index (κ2) is 6.71. The van der Waals surface area contributed by atoms with Gasteiger partial charge in [0.1, 0.15) is 12.3 Å². The number of para-hydroxylation sites is 2. The predicted molar refractivity (Wildman–Crippen MR) is 101 cm³/mol. The van der Waals surface area contributed by atoms with Crippen LogP contribution in [0.4, 0.5) is 24.7 Å². The number of amides is 1. The largest absolute Gasteiger partial charge is 0.479 e. The molecule has 1 atom stereocenters. The number of fused-ring (bicyclic) bond motifs is 2. The van der Waals surface area contributed by atoms with E-state index >= 15 is 0 Å². The molecule has 0 saturated heterocycles. The number of nitrogens with zero attached hydrogens (tertiary/aromatic N) is 4. The van der Waals surface area contributed by atoms with E-state index in [9.17, 15) is 22.8 Å². The van der Waals surface area contributed by atoms with E-state index in [0.717, 1.165) is 6.07 Å². The Kier molecular flexibility index (Phi) is 4.40. The molecule has 1 aliphatic heterocycles. The molecule has 0 spiro atoms. The summed E-state index contributed by atoms with van der Waals surface area (Å²) in [5.74, 6) is -1.29. The van der Waals surface area contributed by atoms with Crippen molar-refractivity contribution in [3.63, 3.8) is 0 Å². The van der Waals surface area contributed by atoms with Gasteiger partial charge in [-0.25, -0.2) is 4.98 Å². The number of hydrogen-bond donors (Lipinski definition) is 1. The van der Waals surface area contributed by atoms with Crippen LogP contribution in [0.5, 0.6) is 5.75 Å². The van der Waals surface area contributed by atoms with E-state index in [-0.39, 0.29) is 11.3 Å². The molecule has 3 heterocycles. The van der Waals surface area contributed by atoms with Gasteiger partial charge in [0.2, 0.25) is 0 Å². The van der Waals surface area contributed by atoms with Gasteiger partial charge >= 0.3 is 6.18 Å². The predicted octanol–water partition coefficient (Wildman–Crippen LogP) is 2.80. The quantitative estimate of drug-likeness (QED) is 0.685. The maximum atomic E-state index is 13.4. The molecule has 1 amide bonds. The molecule has 30 heavy (non-hydrogen) atoms. The summed E-state index contributed by atoms with van der Waals surface area (Å²) < 4.78 is 46.6. The number of nitrogens with two attached hydrogens (primary N) is 1. The van der Waals surface area contributed by atoms with Crippen LogP contribution in [0.25, 0.3) is 11.0 Å². The number of rotatable bonds is 2. The number of nitrogen functional groups attached to an aromatic ring is 1. The number of ether oxygens (including phenoxy) is 1. The lowest BCUT2D eigenvalue weighted by Crippen LogP contribution is -2.47. The third kappa shape index (κ3) is 3.11. The van der Waals surface area contributed by atoms with Crippen LogP contribution >= 0.6 is 0 Å². The molecule has 3 aromatic rings. The normalized spacial score (nSPS) is 16.5. The van der Waals surface area contributed by atoms with Gasteiger partial charge in [0.15, 0.2) is 17.6 Å². The highest BCUT2D eigenvalue weighted by Crippen LogP contribution is 2.37. The van der Waals surface area contributed by atoms with Crippen molar-refractivity contribution in [1.29, 1.82) is 0 Å². The number of aromatic nitrogens is 3. The third-order valence-corrected chi connectivity index (χ3v) is 4.70. The highest BCUT2D eigenvalue weighted by Gasteiger charge is 2.37. The number of carbonyl (C=O) groups is 2. The molecule has 1 aromatic carbocycles. The lowest BCUT2D eigenvalue weighted by atomic mass is 10.1. The van der Waals surface area contributed by atoms with Crippen LogP contribution < -0.4 is 15.4 Å².